The molecule has 108 valence electrons. The number of nitrogens with zero attached hydrogens (tertiary/aromatic N) is 3. The lowest BCUT2D eigenvalue weighted by molar-refractivity contribution is 0.637. The van der Waals surface area contributed by atoms with Gasteiger partial charge in [-0.05, 0) is 37.1 Å². The molecule has 0 radical (unpaired) electrons. The van der Waals surface area contributed by atoms with Crippen molar-refractivity contribution < 1.29 is 4.39 Å². The highest BCUT2D eigenvalue weighted by Crippen LogP contribution is 2.26. The Bertz CT molecular complexity index is 753. The number of rotatable bonds is 4. The first-order valence-corrected chi connectivity index (χ1v) is 7.28. The van der Waals surface area contributed by atoms with Crippen LogP contribution in [0.5, 0.6) is 0 Å². The average Bonchev–Trinajstić information content (AvgIpc) is 2.87. The van der Waals surface area contributed by atoms with Crippen molar-refractivity contribution in [1.82, 2.24) is 14.5 Å². The van der Waals surface area contributed by atoms with Crippen LogP contribution >= 0.6 is 11.6 Å². The van der Waals surface area contributed by atoms with Gasteiger partial charge in [0.2, 0.25) is 0 Å². The zero-order valence-electron chi connectivity index (χ0n) is 11.6. The summed E-state index contributed by atoms with van der Waals surface area (Å²) in [5, 5.41) is -0.273. The third kappa shape index (κ3) is 2.76. The smallest absolute Gasteiger partial charge is 0.151 e. The van der Waals surface area contributed by atoms with Crippen molar-refractivity contribution in [3.63, 3.8) is 0 Å². The van der Waals surface area contributed by atoms with Crippen LogP contribution in [0, 0.1) is 5.82 Å². The highest BCUT2D eigenvalue weighted by molar-refractivity contribution is 6.20. The van der Waals surface area contributed by atoms with Crippen molar-refractivity contribution in [2.75, 3.05) is 0 Å². The van der Waals surface area contributed by atoms with Crippen molar-refractivity contribution in [3.8, 4) is 0 Å². The fraction of sp³-hybridized carbons (Fsp3) is 0.250. The molecular weight excluding hydrogens is 289 g/mol. The predicted molar refractivity (Wildman–Crippen MR) is 81.9 cm³/mol. The number of benzene rings is 1. The summed E-state index contributed by atoms with van der Waals surface area (Å²) in [6.07, 6.45) is 4.38. The molecule has 0 spiro atoms. The number of hydrogen-bond acceptors (Lipinski definition) is 2. The van der Waals surface area contributed by atoms with E-state index < -0.39 is 0 Å². The van der Waals surface area contributed by atoms with Gasteiger partial charge in [-0.15, -0.1) is 11.6 Å². The first kappa shape index (κ1) is 14.0. The Morgan fingerprint density at radius 2 is 2.14 bits per heavy atom. The molecule has 0 fully saturated rings. The molecule has 1 unspecified atom stereocenters. The van der Waals surface area contributed by atoms with E-state index >= 15 is 0 Å². The molecular formula is C16H15ClFN3. The van der Waals surface area contributed by atoms with Crippen molar-refractivity contribution in [2.24, 2.45) is 0 Å². The van der Waals surface area contributed by atoms with Crippen LogP contribution in [0.15, 0.2) is 42.7 Å². The molecule has 0 amide bonds. The molecule has 2 heterocycles. The van der Waals surface area contributed by atoms with Gasteiger partial charge in [-0.3, -0.25) is 4.98 Å². The summed E-state index contributed by atoms with van der Waals surface area (Å²) < 4.78 is 15.9. The number of halogens is 2. The third-order valence-corrected chi connectivity index (χ3v) is 3.66. The van der Waals surface area contributed by atoms with E-state index in [4.69, 9.17) is 11.6 Å². The van der Waals surface area contributed by atoms with Crippen LogP contribution in [0.25, 0.3) is 11.0 Å². The van der Waals surface area contributed by atoms with E-state index in [1.165, 1.54) is 6.07 Å². The molecule has 0 saturated heterocycles. The molecule has 3 aromatic rings. The van der Waals surface area contributed by atoms with Crippen LogP contribution in [0.1, 0.15) is 23.7 Å². The van der Waals surface area contributed by atoms with E-state index in [-0.39, 0.29) is 11.2 Å². The fourth-order valence-corrected chi connectivity index (χ4v) is 2.62. The maximum absolute atomic E-state index is 13.9. The Morgan fingerprint density at radius 3 is 2.86 bits per heavy atom. The van der Waals surface area contributed by atoms with Crippen molar-refractivity contribution >= 4 is 22.6 Å². The summed E-state index contributed by atoms with van der Waals surface area (Å²) in [5.74, 6) is 0.381. The number of hydrogen-bond donors (Lipinski definition) is 0. The van der Waals surface area contributed by atoms with E-state index in [0.717, 1.165) is 17.5 Å². The molecule has 3 nitrogen and oxygen atoms in total. The normalized spacial score (nSPS) is 12.7. The Kier molecular flexibility index (Phi) is 3.88. The van der Waals surface area contributed by atoms with E-state index in [1.807, 2.05) is 35.9 Å². The molecule has 0 N–H and O–H groups in total. The standard InChI is InChI=1S/C16H15ClFN3/c1-11(17)16-20-15-13(18)5-2-6-14(15)21(16)9-7-12-4-3-8-19-10-12/h2-6,8,10-11H,7,9H2,1H3. The minimum Gasteiger partial charge on any atom is -0.326 e. The number of para-hydroxylation sites is 1. The number of alkyl halides is 1. The SMILES string of the molecule is CC(Cl)c1nc2c(F)cccc2n1CCc1cccnc1. The maximum atomic E-state index is 13.9. The molecule has 0 bridgehead atoms. The zero-order chi connectivity index (χ0) is 14.8. The minimum absolute atomic E-state index is 0.273. The summed E-state index contributed by atoms with van der Waals surface area (Å²) in [7, 11) is 0. The van der Waals surface area contributed by atoms with Crippen LogP contribution in [0.3, 0.4) is 0 Å². The Balaban J connectivity index is 2.00. The van der Waals surface area contributed by atoms with Crippen molar-refractivity contribution in [3.05, 3.63) is 59.9 Å². The first-order valence-electron chi connectivity index (χ1n) is 6.84. The van der Waals surface area contributed by atoms with Crippen LogP contribution in [0.4, 0.5) is 4.39 Å². The second-order valence-corrected chi connectivity index (χ2v) is 5.61. The van der Waals surface area contributed by atoms with Crippen molar-refractivity contribution in [1.29, 1.82) is 0 Å². The Labute approximate surface area is 127 Å². The topological polar surface area (TPSA) is 30.7 Å². The van der Waals surface area contributed by atoms with Crippen LogP contribution < -0.4 is 0 Å². The van der Waals surface area contributed by atoms with Crippen molar-refractivity contribution in [2.45, 2.75) is 25.3 Å². The molecule has 1 aromatic carbocycles. The van der Waals surface area contributed by atoms with E-state index in [9.17, 15) is 4.39 Å². The van der Waals surface area contributed by atoms with E-state index in [0.29, 0.717) is 17.9 Å². The third-order valence-electron chi connectivity index (χ3n) is 3.46. The molecule has 3 rings (SSSR count). The van der Waals surface area contributed by atoms with Gasteiger partial charge in [0.15, 0.2) is 5.82 Å². The molecule has 5 heteroatoms. The lowest BCUT2D eigenvalue weighted by Gasteiger charge is -2.10. The van der Waals surface area contributed by atoms with Crippen LogP contribution in [-0.4, -0.2) is 14.5 Å². The van der Waals surface area contributed by atoms with Gasteiger partial charge in [-0.25, -0.2) is 9.37 Å². The molecule has 0 aliphatic carbocycles. The van der Waals surface area contributed by atoms with Gasteiger partial charge in [0, 0.05) is 18.9 Å². The molecule has 21 heavy (non-hydrogen) atoms. The highest BCUT2D eigenvalue weighted by atomic mass is 35.5. The Hall–Kier alpha value is -1.94. The molecule has 0 aliphatic heterocycles. The molecule has 1 atom stereocenters. The van der Waals surface area contributed by atoms with Gasteiger partial charge in [-0.2, -0.15) is 0 Å². The van der Waals surface area contributed by atoms with Gasteiger partial charge >= 0.3 is 0 Å². The predicted octanol–water partition coefficient (Wildman–Crippen LogP) is 4.11. The average molecular weight is 304 g/mol. The second kappa shape index (κ2) is 5.82. The first-order chi connectivity index (χ1) is 10.2. The summed E-state index contributed by atoms with van der Waals surface area (Å²) in [4.78, 5) is 8.47. The minimum atomic E-state index is -0.314. The zero-order valence-corrected chi connectivity index (χ0v) is 12.4. The van der Waals surface area contributed by atoms with Gasteiger partial charge in [0.05, 0.1) is 10.9 Å². The van der Waals surface area contributed by atoms with E-state index in [1.54, 1.807) is 12.3 Å². The second-order valence-electron chi connectivity index (χ2n) is 4.96. The summed E-state index contributed by atoms with van der Waals surface area (Å²) in [5.41, 5.74) is 2.29. The number of imidazole rings is 1. The number of pyridine rings is 1. The van der Waals surface area contributed by atoms with Crippen LogP contribution in [-0.2, 0) is 13.0 Å². The van der Waals surface area contributed by atoms with Crippen LogP contribution in [0.2, 0.25) is 0 Å². The van der Waals surface area contributed by atoms with Gasteiger partial charge in [0.25, 0.3) is 0 Å². The molecule has 2 aromatic heterocycles. The highest BCUT2D eigenvalue weighted by Gasteiger charge is 2.16. The fourth-order valence-electron chi connectivity index (χ4n) is 2.46. The number of aryl methyl sites for hydroxylation is 2. The summed E-state index contributed by atoms with van der Waals surface area (Å²) in [6.45, 7) is 2.54. The van der Waals surface area contributed by atoms with E-state index in [2.05, 4.69) is 9.97 Å². The Morgan fingerprint density at radius 1 is 1.29 bits per heavy atom. The van der Waals surface area contributed by atoms with Gasteiger partial charge < -0.3 is 4.57 Å². The largest absolute Gasteiger partial charge is 0.326 e. The maximum Gasteiger partial charge on any atom is 0.151 e. The molecule has 0 aliphatic rings. The lowest BCUT2D eigenvalue weighted by Crippen LogP contribution is -2.07. The summed E-state index contributed by atoms with van der Waals surface area (Å²) >= 11 is 6.20. The summed E-state index contributed by atoms with van der Waals surface area (Å²) in [6, 6.07) is 8.92. The van der Waals surface area contributed by atoms with Gasteiger partial charge in [0.1, 0.15) is 11.3 Å². The molecule has 0 saturated carbocycles. The number of fused-ring (bicyclic) bond motifs is 1. The number of aromatic nitrogens is 3. The van der Waals surface area contributed by atoms with Gasteiger partial charge in [-0.1, -0.05) is 12.1 Å². The lowest BCUT2D eigenvalue weighted by atomic mass is 10.2. The quantitative estimate of drug-likeness (QED) is 0.679. The monoisotopic (exact) mass is 303 g/mol.